The Hall–Kier alpha value is -1.09. The van der Waals surface area contributed by atoms with E-state index in [9.17, 15) is 0 Å². The summed E-state index contributed by atoms with van der Waals surface area (Å²) in [6.07, 6.45) is 7.83. The van der Waals surface area contributed by atoms with Crippen molar-refractivity contribution >= 4 is 0 Å². The Morgan fingerprint density at radius 3 is 2.84 bits per heavy atom. The molecule has 1 aromatic rings. The average Bonchev–Trinajstić information content (AvgIpc) is 3.01. The van der Waals surface area contributed by atoms with Crippen molar-refractivity contribution < 1.29 is 4.74 Å². The highest BCUT2D eigenvalue weighted by atomic mass is 16.5. The number of hydrogen-bond donors (Lipinski definition) is 1. The Bertz CT molecular complexity index is 395. The minimum absolute atomic E-state index is 0.644. The molecule has 2 fully saturated rings. The molecule has 1 saturated heterocycles. The van der Waals surface area contributed by atoms with Crippen molar-refractivity contribution in [3.63, 3.8) is 0 Å². The topological polar surface area (TPSA) is 34.1 Å². The van der Waals surface area contributed by atoms with Crippen molar-refractivity contribution in [2.45, 2.75) is 44.4 Å². The van der Waals surface area contributed by atoms with E-state index in [0.717, 1.165) is 25.6 Å². The van der Waals surface area contributed by atoms with Gasteiger partial charge in [0.1, 0.15) is 0 Å². The van der Waals surface area contributed by atoms with Crippen molar-refractivity contribution in [2.24, 2.45) is 5.92 Å². The van der Waals surface area contributed by atoms with Gasteiger partial charge in [0.2, 0.25) is 5.88 Å². The Balaban J connectivity index is 1.56. The Morgan fingerprint density at radius 1 is 1.16 bits per heavy atom. The van der Waals surface area contributed by atoms with Crippen LogP contribution < -0.4 is 10.1 Å². The van der Waals surface area contributed by atoms with Crippen molar-refractivity contribution in [3.05, 3.63) is 23.9 Å². The number of nitrogens with zero attached hydrogens (tertiary/aromatic N) is 1. The molecule has 0 spiro atoms. The molecular weight excluding hydrogens is 236 g/mol. The molecule has 3 rings (SSSR count). The van der Waals surface area contributed by atoms with Gasteiger partial charge in [-0.05, 0) is 38.3 Å². The zero-order chi connectivity index (χ0) is 12.9. The highest BCUT2D eigenvalue weighted by molar-refractivity contribution is 5.19. The maximum absolute atomic E-state index is 5.89. The summed E-state index contributed by atoms with van der Waals surface area (Å²) < 4.78 is 5.89. The van der Waals surface area contributed by atoms with Crippen LogP contribution in [0.15, 0.2) is 18.2 Å². The van der Waals surface area contributed by atoms with Crippen LogP contribution in [0.1, 0.15) is 50.1 Å². The predicted octanol–water partition coefficient (Wildman–Crippen LogP) is 3.12. The second kappa shape index (κ2) is 6.38. The van der Waals surface area contributed by atoms with Crippen molar-refractivity contribution in [1.82, 2.24) is 10.3 Å². The Labute approximate surface area is 115 Å². The molecule has 104 valence electrons. The molecule has 3 nitrogen and oxygen atoms in total. The lowest BCUT2D eigenvalue weighted by atomic mass is 10.0. The van der Waals surface area contributed by atoms with Gasteiger partial charge in [0.25, 0.3) is 0 Å². The van der Waals surface area contributed by atoms with Gasteiger partial charge in [0, 0.05) is 30.1 Å². The van der Waals surface area contributed by atoms with Gasteiger partial charge in [0.15, 0.2) is 0 Å². The van der Waals surface area contributed by atoms with Crippen LogP contribution in [0.2, 0.25) is 0 Å². The molecule has 1 aliphatic heterocycles. The molecule has 1 saturated carbocycles. The largest absolute Gasteiger partial charge is 0.477 e. The zero-order valence-corrected chi connectivity index (χ0v) is 11.6. The fourth-order valence-electron chi connectivity index (χ4n) is 3.23. The number of ether oxygens (including phenoxy) is 1. The van der Waals surface area contributed by atoms with Crippen LogP contribution in [0.5, 0.6) is 5.88 Å². The van der Waals surface area contributed by atoms with E-state index in [4.69, 9.17) is 9.72 Å². The molecule has 0 amide bonds. The number of pyridine rings is 1. The summed E-state index contributed by atoms with van der Waals surface area (Å²) in [6.45, 7) is 3.04. The van der Waals surface area contributed by atoms with Crippen LogP contribution in [-0.2, 0) is 0 Å². The SMILES string of the molecule is c1cc(OCC2CCCNC2)nc(C2CCCC2)c1. The summed E-state index contributed by atoms with van der Waals surface area (Å²) in [4.78, 5) is 4.70. The van der Waals surface area contributed by atoms with Crippen molar-refractivity contribution in [2.75, 3.05) is 19.7 Å². The molecule has 1 aromatic heterocycles. The van der Waals surface area contributed by atoms with E-state index in [1.807, 2.05) is 6.07 Å². The van der Waals surface area contributed by atoms with Crippen LogP contribution in [-0.4, -0.2) is 24.7 Å². The lowest BCUT2D eigenvalue weighted by Gasteiger charge is -2.22. The van der Waals surface area contributed by atoms with Gasteiger partial charge in [-0.3, -0.25) is 0 Å². The van der Waals surface area contributed by atoms with E-state index >= 15 is 0 Å². The van der Waals surface area contributed by atoms with Gasteiger partial charge in [-0.2, -0.15) is 0 Å². The minimum atomic E-state index is 0.644. The van der Waals surface area contributed by atoms with Gasteiger partial charge < -0.3 is 10.1 Å². The van der Waals surface area contributed by atoms with Crippen LogP contribution in [0.4, 0.5) is 0 Å². The summed E-state index contributed by atoms with van der Waals surface area (Å²) in [7, 11) is 0. The molecule has 1 unspecified atom stereocenters. The van der Waals surface area contributed by atoms with E-state index in [-0.39, 0.29) is 0 Å². The summed E-state index contributed by atoms with van der Waals surface area (Å²) >= 11 is 0. The first-order valence-electron chi connectivity index (χ1n) is 7.72. The minimum Gasteiger partial charge on any atom is -0.477 e. The number of aromatic nitrogens is 1. The number of nitrogens with one attached hydrogen (secondary N) is 1. The van der Waals surface area contributed by atoms with Crippen molar-refractivity contribution in [3.8, 4) is 5.88 Å². The second-order valence-electron chi connectivity index (χ2n) is 5.91. The van der Waals surface area contributed by atoms with E-state index in [1.165, 1.54) is 44.2 Å². The molecule has 0 bridgehead atoms. The molecule has 1 atom stereocenters. The van der Waals surface area contributed by atoms with Gasteiger partial charge in [-0.25, -0.2) is 4.98 Å². The van der Waals surface area contributed by atoms with Gasteiger partial charge in [-0.1, -0.05) is 18.9 Å². The Kier molecular flexibility index (Phi) is 4.34. The fraction of sp³-hybridized carbons (Fsp3) is 0.688. The van der Waals surface area contributed by atoms with Crippen LogP contribution in [0.3, 0.4) is 0 Å². The first-order chi connectivity index (χ1) is 9.42. The number of hydrogen-bond acceptors (Lipinski definition) is 3. The molecule has 0 radical (unpaired) electrons. The van der Waals surface area contributed by atoms with Gasteiger partial charge >= 0.3 is 0 Å². The normalized spacial score (nSPS) is 24.5. The summed E-state index contributed by atoms with van der Waals surface area (Å²) in [5.74, 6) is 2.13. The summed E-state index contributed by atoms with van der Waals surface area (Å²) in [5, 5.41) is 3.43. The van der Waals surface area contributed by atoms with Gasteiger partial charge in [0.05, 0.1) is 6.61 Å². The van der Waals surface area contributed by atoms with E-state index in [1.54, 1.807) is 0 Å². The molecule has 2 aliphatic rings. The fourth-order valence-corrected chi connectivity index (χ4v) is 3.23. The maximum atomic E-state index is 5.89. The molecule has 19 heavy (non-hydrogen) atoms. The quantitative estimate of drug-likeness (QED) is 0.903. The van der Waals surface area contributed by atoms with E-state index in [2.05, 4.69) is 17.4 Å². The lowest BCUT2D eigenvalue weighted by molar-refractivity contribution is 0.211. The third-order valence-corrected chi connectivity index (χ3v) is 4.38. The molecule has 2 heterocycles. The molecule has 1 N–H and O–H groups in total. The van der Waals surface area contributed by atoms with E-state index in [0.29, 0.717) is 11.8 Å². The highest BCUT2D eigenvalue weighted by Gasteiger charge is 2.19. The third-order valence-electron chi connectivity index (χ3n) is 4.38. The average molecular weight is 260 g/mol. The standard InChI is InChI=1S/C16H24N2O/c1-2-7-14(6-1)15-8-3-9-16(18-15)19-12-13-5-4-10-17-11-13/h3,8-9,13-14,17H,1-2,4-7,10-12H2. The molecular formula is C16H24N2O. The third kappa shape index (κ3) is 3.47. The van der Waals surface area contributed by atoms with Crippen LogP contribution in [0, 0.1) is 5.92 Å². The highest BCUT2D eigenvalue weighted by Crippen LogP contribution is 2.33. The zero-order valence-electron chi connectivity index (χ0n) is 11.6. The van der Waals surface area contributed by atoms with Crippen LogP contribution in [0.25, 0.3) is 0 Å². The first-order valence-corrected chi connectivity index (χ1v) is 7.72. The predicted molar refractivity (Wildman–Crippen MR) is 76.5 cm³/mol. The molecule has 3 heteroatoms. The summed E-state index contributed by atoms with van der Waals surface area (Å²) in [5.41, 5.74) is 1.23. The smallest absolute Gasteiger partial charge is 0.213 e. The number of piperidine rings is 1. The molecule has 1 aliphatic carbocycles. The monoisotopic (exact) mass is 260 g/mol. The van der Waals surface area contributed by atoms with E-state index < -0.39 is 0 Å². The number of rotatable bonds is 4. The lowest BCUT2D eigenvalue weighted by Crippen LogP contribution is -2.33. The van der Waals surface area contributed by atoms with Crippen molar-refractivity contribution in [1.29, 1.82) is 0 Å². The molecule has 0 aromatic carbocycles. The first kappa shape index (κ1) is 12.9. The maximum Gasteiger partial charge on any atom is 0.213 e. The van der Waals surface area contributed by atoms with Gasteiger partial charge in [-0.15, -0.1) is 0 Å². The van der Waals surface area contributed by atoms with Crippen LogP contribution >= 0.6 is 0 Å². The Morgan fingerprint density at radius 2 is 2.05 bits per heavy atom. The summed E-state index contributed by atoms with van der Waals surface area (Å²) in [6, 6.07) is 6.24. The second-order valence-corrected chi connectivity index (χ2v) is 5.91.